The molecule has 0 atom stereocenters. The minimum Gasteiger partial charge on any atom is -0.335 e. The normalized spacial score (nSPS) is 20.4. The molecule has 0 bridgehead atoms. The lowest BCUT2D eigenvalue weighted by molar-refractivity contribution is -0.553. The molecule has 0 aromatic heterocycles. The van der Waals surface area contributed by atoms with Gasteiger partial charge < -0.3 is 9.80 Å². The van der Waals surface area contributed by atoms with Crippen molar-refractivity contribution < 1.29 is 4.58 Å². The van der Waals surface area contributed by atoms with Crippen LogP contribution in [0.3, 0.4) is 0 Å². The van der Waals surface area contributed by atoms with Crippen molar-refractivity contribution in [2.45, 2.75) is 50.6 Å². The molecule has 5 nitrogen and oxygen atoms in total. The fourth-order valence-corrected chi connectivity index (χ4v) is 2.59. The summed E-state index contributed by atoms with van der Waals surface area (Å²) in [5.74, 6) is 2.02. The van der Waals surface area contributed by atoms with Gasteiger partial charge in [-0.1, -0.05) is 0 Å². The van der Waals surface area contributed by atoms with E-state index in [9.17, 15) is 0 Å². The molecule has 20 heavy (non-hydrogen) atoms. The Morgan fingerprint density at radius 1 is 1.00 bits per heavy atom. The largest absolute Gasteiger partial charge is 0.390 e. The summed E-state index contributed by atoms with van der Waals surface area (Å²) in [6, 6.07) is 1.27. The van der Waals surface area contributed by atoms with E-state index >= 15 is 0 Å². The molecular weight excluding hydrogens is 250 g/mol. The number of nitrogens with zero attached hydrogens (tertiary/aromatic N) is 4. The van der Waals surface area contributed by atoms with Gasteiger partial charge >= 0.3 is 5.96 Å². The van der Waals surface area contributed by atoms with Crippen LogP contribution in [0, 0.1) is 0 Å². The molecule has 0 unspecified atom stereocenters. The molecule has 5 heteroatoms. The molecule has 2 saturated carbocycles. The molecule has 0 aliphatic heterocycles. The highest BCUT2D eigenvalue weighted by molar-refractivity contribution is 5.92. The van der Waals surface area contributed by atoms with Gasteiger partial charge in [0.2, 0.25) is 0 Å². The Balaban J connectivity index is 2.22. The molecule has 0 saturated heterocycles. The van der Waals surface area contributed by atoms with Crippen LogP contribution < -0.4 is 5.32 Å². The van der Waals surface area contributed by atoms with Gasteiger partial charge in [-0.3, -0.25) is 9.89 Å². The molecule has 2 rings (SSSR count). The lowest BCUT2D eigenvalue weighted by Crippen LogP contribution is -2.47. The number of hydrogen-bond donors (Lipinski definition) is 1. The monoisotopic (exact) mass is 280 g/mol. The van der Waals surface area contributed by atoms with Crippen LogP contribution in [0.25, 0.3) is 0 Å². The van der Waals surface area contributed by atoms with E-state index in [1.807, 2.05) is 28.2 Å². The topological polar surface area (TPSA) is 33.9 Å². The predicted octanol–water partition coefficient (Wildman–Crippen LogP) is 1.16. The molecule has 114 valence electrons. The zero-order valence-electron chi connectivity index (χ0n) is 13.7. The third-order valence-corrected chi connectivity index (χ3v) is 4.40. The van der Waals surface area contributed by atoms with Crippen molar-refractivity contribution in [3.8, 4) is 0 Å². The van der Waals surface area contributed by atoms with E-state index < -0.39 is 0 Å². The maximum Gasteiger partial charge on any atom is 0.390 e. The molecule has 2 fully saturated rings. The van der Waals surface area contributed by atoms with Crippen molar-refractivity contribution in [3.63, 3.8) is 0 Å². The van der Waals surface area contributed by atoms with Crippen molar-refractivity contribution in [1.29, 1.82) is 0 Å². The molecule has 2 aliphatic carbocycles. The highest BCUT2D eigenvalue weighted by atomic mass is 15.4. The number of rotatable bonds is 2. The Morgan fingerprint density at radius 2 is 1.55 bits per heavy atom. The van der Waals surface area contributed by atoms with Gasteiger partial charge in [0.1, 0.15) is 0 Å². The average molecular weight is 280 g/mol. The Bertz CT molecular complexity index is 379. The first-order chi connectivity index (χ1) is 9.49. The zero-order chi connectivity index (χ0) is 14.7. The summed E-state index contributed by atoms with van der Waals surface area (Å²) in [5.41, 5.74) is 0. The van der Waals surface area contributed by atoms with Gasteiger partial charge in [-0.05, 0) is 43.5 Å². The van der Waals surface area contributed by atoms with Gasteiger partial charge in [-0.2, -0.15) is 0 Å². The van der Waals surface area contributed by atoms with Gasteiger partial charge in [0.15, 0.2) is 0 Å². The van der Waals surface area contributed by atoms with Crippen LogP contribution in [0.1, 0.15) is 38.5 Å². The van der Waals surface area contributed by atoms with Crippen LogP contribution >= 0.6 is 0 Å². The smallest absolute Gasteiger partial charge is 0.335 e. The minimum absolute atomic E-state index is 0.613. The molecular formula is C15H30N5+. The summed E-state index contributed by atoms with van der Waals surface area (Å²) in [7, 11) is 10.4. The standard InChI is InChI=1S/C15H29N5/c1-18(2)15(19(3)4)17-14(16-12-8-6-9-12)20(5)13-10-7-11-13/h12-13H,6-11H2,1-5H3/p+1. The van der Waals surface area contributed by atoms with Crippen molar-refractivity contribution in [2.24, 2.45) is 4.99 Å². The first-order valence-electron chi connectivity index (χ1n) is 7.78. The summed E-state index contributed by atoms with van der Waals surface area (Å²) >= 11 is 0. The molecule has 0 spiro atoms. The van der Waals surface area contributed by atoms with E-state index in [1.165, 1.54) is 38.5 Å². The molecule has 2 aliphatic rings. The Morgan fingerprint density at radius 3 is 1.90 bits per heavy atom. The van der Waals surface area contributed by atoms with Gasteiger partial charge in [-0.25, -0.2) is 0 Å². The van der Waals surface area contributed by atoms with Crippen LogP contribution in [0.2, 0.25) is 0 Å². The van der Waals surface area contributed by atoms with Crippen LogP contribution in [0.5, 0.6) is 0 Å². The van der Waals surface area contributed by atoms with Gasteiger partial charge in [0.25, 0.3) is 5.96 Å². The van der Waals surface area contributed by atoms with Gasteiger partial charge in [-0.15, -0.1) is 0 Å². The van der Waals surface area contributed by atoms with Crippen molar-refractivity contribution in [1.82, 2.24) is 15.1 Å². The first-order valence-corrected chi connectivity index (χ1v) is 7.78. The van der Waals surface area contributed by atoms with Crippen molar-refractivity contribution in [3.05, 3.63) is 0 Å². The van der Waals surface area contributed by atoms with Crippen LogP contribution in [0.15, 0.2) is 4.99 Å². The number of nitrogens with one attached hydrogen (secondary N) is 1. The lowest BCUT2D eigenvalue weighted by atomic mass is 9.92. The lowest BCUT2D eigenvalue weighted by Gasteiger charge is -2.29. The summed E-state index contributed by atoms with van der Waals surface area (Å²) in [6.07, 6.45) is 7.83. The summed E-state index contributed by atoms with van der Waals surface area (Å²) in [6.45, 7) is 0. The Kier molecular flexibility index (Phi) is 4.89. The SMILES string of the molecule is CN(C)C(=N/C(NC1CCC1)=[N+](/C)C1CCC1)N(C)C. The number of guanidine groups is 2. The first kappa shape index (κ1) is 15.1. The number of aliphatic imine (C=N–C) groups is 1. The van der Waals surface area contributed by atoms with E-state index in [1.54, 1.807) is 0 Å². The molecule has 0 aromatic carbocycles. The summed E-state index contributed by atoms with van der Waals surface area (Å²) in [5, 5.41) is 3.64. The van der Waals surface area contributed by atoms with E-state index in [2.05, 4.69) is 26.7 Å². The average Bonchev–Trinajstić information content (AvgIpc) is 2.22. The molecule has 0 amide bonds. The highest BCUT2D eigenvalue weighted by Gasteiger charge is 2.30. The number of hydrogen-bond acceptors (Lipinski definition) is 0. The summed E-state index contributed by atoms with van der Waals surface area (Å²) in [4.78, 5) is 9.03. The molecule has 0 radical (unpaired) electrons. The Labute approximate surface area is 123 Å². The predicted molar refractivity (Wildman–Crippen MR) is 84.4 cm³/mol. The fraction of sp³-hybridized carbons (Fsp3) is 0.867. The molecule has 1 N–H and O–H groups in total. The van der Waals surface area contributed by atoms with Crippen molar-refractivity contribution >= 4 is 11.9 Å². The Hall–Kier alpha value is -1.26. The second-order valence-electron chi connectivity index (χ2n) is 6.49. The quantitative estimate of drug-likeness (QED) is 0.468. The van der Waals surface area contributed by atoms with Crippen molar-refractivity contribution in [2.75, 3.05) is 35.2 Å². The van der Waals surface area contributed by atoms with Crippen LogP contribution in [-0.4, -0.2) is 73.6 Å². The van der Waals surface area contributed by atoms with E-state index in [4.69, 9.17) is 4.99 Å². The summed E-state index contributed by atoms with van der Waals surface area (Å²) < 4.78 is 2.34. The molecule has 0 aromatic rings. The van der Waals surface area contributed by atoms with Crippen LogP contribution in [-0.2, 0) is 0 Å². The third-order valence-electron chi connectivity index (χ3n) is 4.40. The maximum atomic E-state index is 4.90. The second kappa shape index (κ2) is 6.46. The van der Waals surface area contributed by atoms with E-state index in [-0.39, 0.29) is 0 Å². The van der Waals surface area contributed by atoms with E-state index in [0.717, 1.165) is 11.9 Å². The zero-order valence-corrected chi connectivity index (χ0v) is 13.7. The highest BCUT2D eigenvalue weighted by Crippen LogP contribution is 2.22. The molecule has 0 heterocycles. The van der Waals surface area contributed by atoms with Gasteiger partial charge in [0.05, 0.1) is 19.1 Å². The van der Waals surface area contributed by atoms with Gasteiger partial charge in [0, 0.05) is 28.2 Å². The van der Waals surface area contributed by atoms with Crippen LogP contribution in [0.4, 0.5) is 0 Å². The third kappa shape index (κ3) is 3.44. The second-order valence-corrected chi connectivity index (χ2v) is 6.49. The maximum absolute atomic E-state index is 4.90. The van der Waals surface area contributed by atoms with E-state index in [0.29, 0.717) is 12.1 Å². The fourth-order valence-electron chi connectivity index (χ4n) is 2.59. The minimum atomic E-state index is 0.613.